The van der Waals surface area contributed by atoms with Gasteiger partial charge in [-0.25, -0.2) is 0 Å². The van der Waals surface area contributed by atoms with Crippen molar-refractivity contribution in [3.05, 3.63) is 65.2 Å². The third kappa shape index (κ3) is 8.93. The molecule has 0 aliphatic carbocycles. The average Bonchev–Trinajstić information content (AvgIpc) is 2.76. The predicted octanol–water partition coefficient (Wildman–Crippen LogP) is 3.49. The molecule has 2 aromatic carbocycles. The Morgan fingerprint density at radius 1 is 0.941 bits per heavy atom. The van der Waals surface area contributed by atoms with E-state index in [1.54, 1.807) is 0 Å². The van der Waals surface area contributed by atoms with Crippen molar-refractivity contribution >= 4 is 11.8 Å². The number of nitrogens with one attached hydrogen (secondary N) is 2. The quantitative estimate of drug-likeness (QED) is 0.444. The number of rotatable bonds is 10. The molecule has 0 spiro atoms. The highest BCUT2D eigenvalue weighted by Gasteiger charge is 2.30. The fourth-order valence-electron chi connectivity index (χ4n) is 2.81. The lowest BCUT2D eigenvalue weighted by atomic mass is 10.0. The number of benzene rings is 2. The molecule has 0 bridgehead atoms. The van der Waals surface area contributed by atoms with E-state index < -0.39 is 48.8 Å². The minimum Gasteiger partial charge on any atom is -0.493 e. The van der Waals surface area contributed by atoms with Crippen LogP contribution in [0.4, 0.5) is 26.3 Å². The Bertz CT molecular complexity index is 944. The first kappa shape index (κ1) is 27.0. The van der Waals surface area contributed by atoms with Gasteiger partial charge < -0.3 is 20.5 Å². The second-order valence-corrected chi connectivity index (χ2v) is 7.18. The first-order valence-corrected chi connectivity index (χ1v) is 10.0. The van der Waals surface area contributed by atoms with Gasteiger partial charge in [-0.3, -0.25) is 9.59 Å². The lowest BCUT2D eigenvalue weighted by Gasteiger charge is -2.19. The molecule has 0 unspecified atom stereocenters. The monoisotopic (exact) mass is 492 g/mol. The summed E-state index contributed by atoms with van der Waals surface area (Å²) in [6.45, 7) is -1.04. The average molecular weight is 492 g/mol. The van der Waals surface area contributed by atoms with Crippen molar-refractivity contribution in [1.82, 2.24) is 10.6 Å². The summed E-state index contributed by atoms with van der Waals surface area (Å²) in [6.07, 6.45) is -10.1. The minimum atomic E-state index is -4.52. The molecule has 12 heteroatoms. The molecule has 2 aromatic rings. The lowest BCUT2D eigenvalue weighted by Crippen LogP contribution is -2.48. The molecule has 2 rings (SSSR count). The highest BCUT2D eigenvalue weighted by molar-refractivity contribution is 5.97. The first-order valence-electron chi connectivity index (χ1n) is 10.0. The molecule has 0 saturated heterocycles. The van der Waals surface area contributed by atoms with Crippen LogP contribution in [-0.2, 0) is 17.4 Å². The van der Waals surface area contributed by atoms with Gasteiger partial charge in [-0.1, -0.05) is 12.1 Å². The molecule has 0 aliphatic rings. The maximum atomic E-state index is 12.8. The van der Waals surface area contributed by atoms with Crippen LogP contribution in [0.2, 0.25) is 0 Å². The first-order chi connectivity index (χ1) is 15.9. The number of aliphatic hydroxyl groups is 1. The van der Waals surface area contributed by atoms with Crippen molar-refractivity contribution in [1.29, 1.82) is 0 Å². The number of ether oxygens (including phenoxy) is 1. The van der Waals surface area contributed by atoms with Crippen LogP contribution in [0.1, 0.15) is 27.9 Å². The number of aliphatic hydroxyl groups excluding tert-OH is 1. The van der Waals surface area contributed by atoms with Gasteiger partial charge in [0.1, 0.15) is 11.8 Å². The van der Waals surface area contributed by atoms with Gasteiger partial charge in [-0.15, -0.1) is 0 Å². The van der Waals surface area contributed by atoms with Gasteiger partial charge in [-0.2, -0.15) is 26.3 Å². The van der Waals surface area contributed by atoms with Crippen molar-refractivity contribution in [2.75, 3.05) is 19.8 Å². The summed E-state index contributed by atoms with van der Waals surface area (Å²) >= 11 is 0. The van der Waals surface area contributed by atoms with E-state index in [1.807, 2.05) is 0 Å². The zero-order valence-electron chi connectivity index (χ0n) is 17.7. The maximum absolute atomic E-state index is 12.8. The largest absolute Gasteiger partial charge is 0.493 e. The van der Waals surface area contributed by atoms with Gasteiger partial charge in [0, 0.05) is 18.5 Å². The van der Waals surface area contributed by atoms with Crippen LogP contribution in [0.5, 0.6) is 5.75 Å². The molecule has 0 aliphatic heterocycles. The third-order valence-electron chi connectivity index (χ3n) is 4.52. The van der Waals surface area contributed by atoms with Gasteiger partial charge in [0.05, 0.1) is 25.2 Å². The number of carbonyl (C=O) groups excluding carboxylic acids is 2. The van der Waals surface area contributed by atoms with Crippen LogP contribution in [0.25, 0.3) is 0 Å². The van der Waals surface area contributed by atoms with Crippen LogP contribution in [0, 0.1) is 0 Å². The van der Waals surface area contributed by atoms with E-state index in [0.717, 1.165) is 12.1 Å². The predicted molar refractivity (Wildman–Crippen MR) is 109 cm³/mol. The van der Waals surface area contributed by atoms with E-state index in [0.29, 0.717) is 5.56 Å². The van der Waals surface area contributed by atoms with E-state index >= 15 is 0 Å². The highest BCUT2D eigenvalue weighted by Crippen LogP contribution is 2.29. The van der Waals surface area contributed by atoms with Crippen molar-refractivity contribution in [3.63, 3.8) is 0 Å². The molecule has 186 valence electrons. The fraction of sp³-hybridized carbons (Fsp3) is 0.364. The zero-order chi connectivity index (χ0) is 25.4. The normalized spacial score (nSPS) is 12.7. The Labute approximate surface area is 190 Å². The van der Waals surface area contributed by atoms with Crippen molar-refractivity contribution in [2.45, 2.75) is 31.2 Å². The molecule has 3 N–H and O–H groups in total. The number of hydrogen-bond acceptors (Lipinski definition) is 4. The van der Waals surface area contributed by atoms with Crippen molar-refractivity contribution < 1.29 is 45.8 Å². The van der Waals surface area contributed by atoms with Crippen LogP contribution in [0.3, 0.4) is 0 Å². The summed E-state index contributed by atoms with van der Waals surface area (Å²) in [7, 11) is 0. The molecular formula is C22H22F6N2O4. The van der Waals surface area contributed by atoms with Crippen molar-refractivity contribution in [2.24, 2.45) is 0 Å². The van der Waals surface area contributed by atoms with Crippen LogP contribution >= 0.6 is 0 Å². The molecule has 0 radical (unpaired) electrons. The molecule has 0 saturated carbocycles. The second kappa shape index (κ2) is 11.7. The molecular weight excluding hydrogens is 470 g/mol. The number of hydrogen-bond donors (Lipinski definition) is 3. The van der Waals surface area contributed by atoms with Crippen LogP contribution < -0.4 is 15.4 Å². The lowest BCUT2D eigenvalue weighted by molar-refractivity contribution is -0.139. The molecule has 34 heavy (non-hydrogen) atoms. The number of alkyl halides is 6. The van der Waals surface area contributed by atoms with Crippen molar-refractivity contribution in [3.8, 4) is 5.75 Å². The Balaban J connectivity index is 2.07. The molecule has 2 amide bonds. The summed E-state index contributed by atoms with van der Waals surface area (Å²) in [5, 5.41) is 13.8. The summed E-state index contributed by atoms with van der Waals surface area (Å²) in [5.41, 5.74) is -0.430. The van der Waals surface area contributed by atoms with Crippen LogP contribution in [-0.4, -0.2) is 48.9 Å². The number of halogens is 6. The molecule has 1 atom stereocenters. The Kier molecular flexibility index (Phi) is 9.30. The third-order valence-corrected chi connectivity index (χ3v) is 4.52. The van der Waals surface area contributed by atoms with Gasteiger partial charge in [0.15, 0.2) is 0 Å². The van der Waals surface area contributed by atoms with E-state index in [-0.39, 0.29) is 30.9 Å². The van der Waals surface area contributed by atoms with Gasteiger partial charge in [-0.05, 0) is 42.0 Å². The summed E-state index contributed by atoms with van der Waals surface area (Å²) in [5.74, 6) is -1.24. The summed E-state index contributed by atoms with van der Waals surface area (Å²) in [6, 6.07) is 8.10. The highest BCUT2D eigenvalue weighted by atomic mass is 19.4. The Morgan fingerprint density at radius 3 is 2.09 bits per heavy atom. The number of carbonyl (C=O) groups is 2. The smallest absolute Gasteiger partial charge is 0.416 e. The van der Waals surface area contributed by atoms with Crippen LogP contribution in [0.15, 0.2) is 48.5 Å². The molecule has 0 heterocycles. The fourth-order valence-corrected chi connectivity index (χ4v) is 2.81. The van der Waals surface area contributed by atoms with Gasteiger partial charge in [0.2, 0.25) is 5.91 Å². The SMILES string of the molecule is O=C(N[C@@H](Cc1ccc(C(F)(F)F)cc1)C(=O)NCCO)c1ccc(OCCC(F)(F)F)cc1. The van der Waals surface area contributed by atoms with E-state index in [9.17, 15) is 35.9 Å². The maximum Gasteiger partial charge on any atom is 0.416 e. The summed E-state index contributed by atoms with van der Waals surface area (Å²) < 4.78 is 79.8. The van der Waals surface area contributed by atoms with Gasteiger partial charge >= 0.3 is 12.4 Å². The number of amides is 2. The zero-order valence-corrected chi connectivity index (χ0v) is 17.7. The summed E-state index contributed by atoms with van der Waals surface area (Å²) in [4.78, 5) is 25.0. The molecule has 0 fully saturated rings. The second-order valence-electron chi connectivity index (χ2n) is 7.18. The topological polar surface area (TPSA) is 87.7 Å². The van der Waals surface area contributed by atoms with E-state index in [1.165, 1.54) is 36.4 Å². The Hall–Kier alpha value is -3.28. The van der Waals surface area contributed by atoms with E-state index in [2.05, 4.69) is 10.6 Å². The standard InChI is InChI=1S/C22H22F6N2O4/c23-21(24,25)9-12-34-17-7-3-15(4-8-17)19(32)30-18(20(33)29-10-11-31)13-14-1-5-16(6-2-14)22(26,27)28/h1-8,18,31H,9-13H2,(H,29,33)(H,30,32)/t18-/m0/s1. The van der Waals surface area contributed by atoms with Gasteiger partial charge in [0.25, 0.3) is 5.91 Å². The minimum absolute atomic E-state index is 0.0792. The molecule has 6 nitrogen and oxygen atoms in total. The van der Waals surface area contributed by atoms with E-state index in [4.69, 9.17) is 9.84 Å². The Morgan fingerprint density at radius 2 is 1.56 bits per heavy atom. The molecule has 0 aromatic heterocycles.